The van der Waals surface area contributed by atoms with Crippen molar-refractivity contribution in [3.63, 3.8) is 0 Å². The molecule has 2 amide bonds. The van der Waals surface area contributed by atoms with Gasteiger partial charge in [0, 0.05) is 30.2 Å². The number of benzene rings is 1. The van der Waals surface area contributed by atoms with Crippen LogP contribution in [0.1, 0.15) is 46.9 Å². The molecule has 1 fully saturated rings. The van der Waals surface area contributed by atoms with E-state index in [4.69, 9.17) is 10.5 Å². The van der Waals surface area contributed by atoms with Crippen molar-refractivity contribution in [3.05, 3.63) is 39.4 Å². The fourth-order valence-corrected chi connectivity index (χ4v) is 2.48. The monoisotopic (exact) mass is 349 g/mol. The van der Waals surface area contributed by atoms with Crippen LogP contribution in [0, 0.1) is 16.0 Å². The molecule has 1 aliphatic rings. The Labute approximate surface area is 143 Å². The van der Waals surface area contributed by atoms with E-state index in [0.717, 1.165) is 25.0 Å². The Balaban J connectivity index is 2.26. The molecule has 9 heteroatoms. The van der Waals surface area contributed by atoms with Gasteiger partial charge in [0.15, 0.2) is 0 Å². The van der Waals surface area contributed by atoms with Crippen molar-refractivity contribution in [3.8, 4) is 0 Å². The standard InChI is InChI=1S/C16H19N3O6/c1-2-25-16(22)11-5-10(6-12(7-11)19(23)24)15(21)18-13(8-14(17)20)9-3-4-9/h5-7,9,13H,2-4,8H2,1H3,(H2,17,20)(H,18,21)/t13-/m0/s1. The van der Waals surface area contributed by atoms with Gasteiger partial charge >= 0.3 is 5.97 Å². The van der Waals surface area contributed by atoms with E-state index in [1.54, 1.807) is 6.92 Å². The molecule has 0 aliphatic heterocycles. The first kappa shape index (κ1) is 18.4. The molecule has 134 valence electrons. The number of nitro benzene ring substituents is 1. The van der Waals surface area contributed by atoms with E-state index in [0.29, 0.717) is 0 Å². The minimum absolute atomic E-state index is 0.00390. The summed E-state index contributed by atoms with van der Waals surface area (Å²) in [5.74, 6) is -1.73. The number of nitrogens with zero attached hydrogens (tertiary/aromatic N) is 1. The number of amides is 2. The lowest BCUT2D eigenvalue weighted by Gasteiger charge is -2.17. The normalized spacial score (nSPS) is 14.4. The zero-order chi connectivity index (χ0) is 18.6. The zero-order valence-corrected chi connectivity index (χ0v) is 13.7. The highest BCUT2D eigenvalue weighted by atomic mass is 16.6. The quantitative estimate of drug-likeness (QED) is 0.410. The van der Waals surface area contributed by atoms with Gasteiger partial charge in [-0.1, -0.05) is 0 Å². The summed E-state index contributed by atoms with van der Waals surface area (Å²) >= 11 is 0. The predicted molar refractivity (Wildman–Crippen MR) is 86.8 cm³/mol. The number of non-ortho nitro benzene ring substituents is 1. The maximum Gasteiger partial charge on any atom is 0.338 e. The van der Waals surface area contributed by atoms with Crippen LogP contribution < -0.4 is 11.1 Å². The number of rotatable bonds is 8. The Morgan fingerprint density at radius 1 is 1.32 bits per heavy atom. The topological polar surface area (TPSA) is 142 Å². The number of carbonyl (C=O) groups excluding carboxylic acids is 3. The average molecular weight is 349 g/mol. The molecular formula is C16H19N3O6. The molecule has 0 bridgehead atoms. The summed E-state index contributed by atoms with van der Waals surface area (Å²) in [6.45, 7) is 1.71. The molecular weight excluding hydrogens is 330 g/mol. The van der Waals surface area contributed by atoms with E-state index in [1.165, 1.54) is 6.07 Å². The second-order valence-corrected chi connectivity index (χ2v) is 5.83. The number of nitrogens with one attached hydrogen (secondary N) is 1. The molecule has 25 heavy (non-hydrogen) atoms. The molecule has 2 rings (SSSR count). The van der Waals surface area contributed by atoms with Crippen LogP contribution in [0.15, 0.2) is 18.2 Å². The molecule has 1 atom stereocenters. The number of carbonyl (C=O) groups is 3. The number of ether oxygens (including phenoxy) is 1. The molecule has 0 spiro atoms. The molecule has 1 aromatic carbocycles. The van der Waals surface area contributed by atoms with Gasteiger partial charge < -0.3 is 15.8 Å². The van der Waals surface area contributed by atoms with Crippen LogP contribution in [0.25, 0.3) is 0 Å². The van der Waals surface area contributed by atoms with Gasteiger partial charge in [0.2, 0.25) is 5.91 Å². The van der Waals surface area contributed by atoms with E-state index >= 15 is 0 Å². The highest BCUT2D eigenvalue weighted by Crippen LogP contribution is 2.34. The first-order valence-corrected chi connectivity index (χ1v) is 7.87. The average Bonchev–Trinajstić information content (AvgIpc) is 3.38. The lowest BCUT2D eigenvalue weighted by Crippen LogP contribution is -2.39. The molecule has 1 aromatic rings. The van der Waals surface area contributed by atoms with Gasteiger partial charge in [-0.25, -0.2) is 4.79 Å². The van der Waals surface area contributed by atoms with Crippen LogP contribution in [0.4, 0.5) is 5.69 Å². The Kier molecular flexibility index (Phi) is 5.68. The third-order valence-corrected chi connectivity index (χ3v) is 3.83. The van der Waals surface area contributed by atoms with Crippen LogP contribution in [-0.2, 0) is 9.53 Å². The molecule has 0 aromatic heterocycles. The van der Waals surface area contributed by atoms with Crippen molar-refractivity contribution in [2.24, 2.45) is 11.7 Å². The maximum atomic E-state index is 12.4. The van der Waals surface area contributed by atoms with E-state index in [1.807, 2.05) is 0 Å². The Morgan fingerprint density at radius 3 is 2.48 bits per heavy atom. The smallest absolute Gasteiger partial charge is 0.338 e. The van der Waals surface area contributed by atoms with E-state index in [2.05, 4.69) is 5.32 Å². The maximum absolute atomic E-state index is 12.4. The number of hydrogen-bond donors (Lipinski definition) is 2. The fraction of sp³-hybridized carbons (Fsp3) is 0.438. The van der Waals surface area contributed by atoms with E-state index in [-0.39, 0.29) is 30.1 Å². The van der Waals surface area contributed by atoms with Gasteiger partial charge in [-0.3, -0.25) is 19.7 Å². The molecule has 0 radical (unpaired) electrons. The third-order valence-electron chi connectivity index (χ3n) is 3.83. The number of nitro groups is 1. The van der Waals surface area contributed by atoms with Crippen molar-refractivity contribution in [1.29, 1.82) is 0 Å². The van der Waals surface area contributed by atoms with Gasteiger partial charge in [0.25, 0.3) is 11.6 Å². The fourth-order valence-electron chi connectivity index (χ4n) is 2.48. The predicted octanol–water partition coefficient (Wildman–Crippen LogP) is 1.16. The van der Waals surface area contributed by atoms with Gasteiger partial charge in [-0.15, -0.1) is 0 Å². The lowest BCUT2D eigenvalue weighted by molar-refractivity contribution is -0.384. The van der Waals surface area contributed by atoms with Gasteiger partial charge in [0.05, 0.1) is 17.1 Å². The summed E-state index contributed by atoms with van der Waals surface area (Å²) in [5, 5.41) is 13.7. The minimum Gasteiger partial charge on any atom is -0.462 e. The van der Waals surface area contributed by atoms with Crippen molar-refractivity contribution in [1.82, 2.24) is 5.32 Å². The summed E-state index contributed by atoms with van der Waals surface area (Å²) in [6, 6.07) is 2.94. The Bertz CT molecular complexity index is 714. The number of primary amides is 1. The second kappa shape index (κ2) is 7.73. The number of nitrogens with two attached hydrogens (primary N) is 1. The molecule has 9 nitrogen and oxygen atoms in total. The van der Waals surface area contributed by atoms with Crippen LogP contribution in [0.5, 0.6) is 0 Å². The molecule has 0 unspecified atom stereocenters. The summed E-state index contributed by atoms with van der Waals surface area (Å²) in [5.41, 5.74) is 4.67. The van der Waals surface area contributed by atoms with Crippen molar-refractivity contribution in [2.75, 3.05) is 6.61 Å². The summed E-state index contributed by atoms with van der Waals surface area (Å²) in [6.07, 6.45) is 1.75. The molecule has 0 heterocycles. The van der Waals surface area contributed by atoms with E-state index in [9.17, 15) is 24.5 Å². The van der Waals surface area contributed by atoms with Gasteiger partial charge in [0.1, 0.15) is 0 Å². The highest BCUT2D eigenvalue weighted by Gasteiger charge is 2.33. The SMILES string of the molecule is CCOC(=O)c1cc(C(=O)N[C@@H](CC(N)=O)C2CC2)cc([N+](=O)[O-])c1. The molecule has 0 saturated heterocycles. The zero-order valence-electron chi connectivity index (χ0n) is 13.7. The Morgan fingerprint density at radius 2 is 1.96 bits per heavy atom. The number of hydrogen-bond acceptors (Lipinski definition) is 6. The van der Waals surface area contributed by atoms with Crippen LogP contribution in [0.2, 0.25) is 0 Å². The summed E-state index contributed by atoms with van der Waals surface area (Å²) in [4.78, 5) is 45.8. The highest BCUT2D eigenvalue weighted by molar-refractivity contribution is 5.99. The largest absolute Gasteiger partial charge is 0.462 e. The van der Waals surface area contributed by atoms with Crippen molar-refractivity contribution >= 4 is 23.5 Å². The number of esters is 1. The van der Waals surface area contributed by atoms with Crippen LogP contribution >= 0.6 is 0 Å². The lowest BCUT2D eigenvalue weighted by atomic mass is 10.1. The minimum atomic E-state index is -0.754. The first-order chi connectivity index (χ1) is 11.8. The third kappa shape index (κ3) is 5.00. The van der Waals surface area contributed by atoms with Crippen molar-refractivity contribution < 1.29 is 24.0 Å². The van der Waals surface area contributed by atoms with Gasteiger partial charge in [-0.05, 0) is 31.7 Å². The molecule has 3 N–H and O–H groups in total. The van der Waals surface area contributed by atoms with Crippen LogP contribution in [0.3, 0.4) is 0 Å². The van der Waals surface area contributed by atoms with Gasteiger partial charge in [-0.2, -0.15) is 0 Å². The van der Waals surface area contributed by atoms with E-state index < -0.39 is 34.4 Å². The first-order valence-electron chi connectivity index (χ1n) is 7.87. The molecule has 1 aliphatic carbocycles. The van der Waals surface area contributed by atoms with Crippen LogP contribution in [-0.4, -0.2) is 35.4 Å². The second-order valence-electron chi connectivity index (χ2n) is 5.83. The molecule has 1 saturated carbocycles. The summed E-state index contributed by atoms with van der Waals surface area (Å²) in [7, 11) is 0. The Hall–Kier alpha value is -2.97. The van der Waals surface area contributed by atoms with Crippen molar-refractivity contribution in [2.45, 2.75) is 32.2 Å². The summed E-state index contributed by atoms with van der Waals surface area (Å²) < 4.78 is 4.82.